The van der Waals surface area contributed by atoms with E-state index in [0.29, 0.717) is 0 Å². The van der Waals surface area contributed by atoms with Crippen molar-refractivity contribution in [2.45, 2.75) is 85.5 Å². The third-order valence-electron chi connectivity index (χ3n) is 5.15. The number of benzene rings is 1. The number of ether oxygens (including phenoxy) is 5. The van der Waals surface area contributed by atoms with Crippen LogP contribution in [-0.4, -0.2) is 60.6 Å². The number of nitrogens with one attached hydrogen (secondary N) is 1. The number of rotatable bonds is 7. The number of esters is 3. The van der Waals surface area contributed by atoms with E-state index < -0.39 is 54.0 Å². The molecule has 0 aromatic heterocycles. The Balaban J connectivity index is 2.44. The van der Waals surface area contributed by atoms with Gasteiger partial charge in [0.1, 0.15) is 24.6 Å². The van der Waals surface area contributed by atoms with Crippen molar-refractivity contribution in [3.63, 3.8) is 0 Å². The van der Waals surface area contributed by atoms with Crippen molar-refractivity contribution < 1.29 is 42.9 Å². The lowest BCUT2D eigenvalue weighted by Gasteiger charge is -2.43. The standard InChI is InChI=1S/C25H35NO9/c1-13-9-10-18(23(30)26-25(6,7)8)19(11-13)34-24-22(33-17(5)29)14(2)21(32-16(4)28)20(35-24)12-31-15(3)27/h9-11,14,20-22,24H,12H2,1-8H3,(H,26,30). The molecule has 10 nitrogen and oxygen atoms in total. The Hall–Kier alpha value is -3.14. The number of hydrogen-bond acceptors (Lipinski definition) is 9. The van der Waals surface area contributed by atoms with E-state index >= 15 is 0 Å². The van der Waals surface area contributed by atoms with Crippen molar-refractivity contribution >= 4 is 23.8 Å². The quantitative estimate of drug-likeness (QED) is 0.450. The van der Waals surface area contributed by atoms with Crippen LogP contribution in [-0.2, 0) is 33.3 Å². The predicted molar refractivity (Wildman–Crippen MR) is 125 cm³/mol. The van der Waals surface area contributed by atoms with Crippen molar-refractivity contribution in [3.05, 3.63) is 29.3 Å². The summed E-state index contributed by atoms with van der Waals surface area (Å²) in [5.41, 5.74) is 0.610. The fourth-order valence-electron chi connectivity index (χ4n) is 3.71. The highest BCUT2D eigenvalue weighted by atomic mass is 16.7. The van der Waals surface area contributed by atoms with Gasteiger partial charge in [-0.3, -0.25) is 19.2 Å². The van der Waals surface area contributed by atoms with Gasteiger partial charge in [0.25, 0.3) is 5.91 Å². The molecule has 1 aliphatic heterocycles. The Bertz CT molecular complexity index is 951. The molecule has 1 aliphatic rings. The first-order valence-corrected chi connectivity index (χ1v) is 11.4. The number of aryl methyl sites for hydroxylation is 1. The summed E-state index contributed by atoms with van der Waals surface area (Å²) in [4.78, 5) is 48.0. The van der Waals surface area contributed by atoms with E-state index in [4.69, 9.17) is 23.7 Å². The maximum atomic E-state index is 12.9. The van der Waals surface area contributed by atoms with E-state index in [-0.39, 0.29) is 23.8 Å². The molecule has 1 heterocycles. The molecule has 1 aromatic rings. The molecule has 5 unspecified atom stereocenters. The molecule has 1 aromatic carbocycles. The number of carbonyl (C=O) groups is 4. The lowest BCUT2D eigenvalue weighted by Crippen LogP contribution is -2.59. The second kappa shape index (κ2) is 11.5. The molecule has 10 heteroatoms. The lowest BCUT2D eigenvalue weighted by atomic mass is 9.90. The van der Waals surface area contributed by atoms with E-state index in [1.54, 1.807) is 25.1 Å². The Morgan fingerprint density at radius 1 is 0.971 bits per heavy atom. The van der Waals surface area contributed by atoms with Gasteiger partial charge < -0.3 is 29.0 Å². The second-order valence-corrected chi connectivity index (χ2v) is 9.67. The zero-order chi connectivity index (χ0) is 26.5. The minimum Gasteiger partial charge on any atom is -0.463 e. The van der Waals surface area contributed by atoms with Crippen LogP contribution in [0.15, 0.2) is 18.2 Å². The summed E-state index contributed by atoms with van der Waals surface area (Å²) in [6.45, 7) is 12.6. The van der Waals surface area contributed by atoms with Crippen LogP contribution in [0, 0.1) is 12.8 Å². The smallest absolute Gasteiger partial charge is 0.303 e. The summed E-state index contributed by atoms with van der Waals surface area (Å²) in [6, 6.07) is 5.09. The Kier molecular flexibility index (Phi) is 9.25. The minimum absolute atomic E-state index is 0.213. The van der Waals surface area contributed by atoms with Crippen LogP contribution in [0.2, 0.25) is 0 Å². The molecule has 35 heavy (non-hydrogen) atoms. The average Bonchev–Trinajstić information content (AvgIpc) is 2.69. The molecular weight excluding hydrogens is 458 g/mol. The highest BCUT2D eigenvalue weighted by Gasteiger charge is 2.49. The maximum Gasteiger partial charge on any atom is 0.303 e. The molecule has 1 saturated heterocycles. The van der Waals surface area contributed by atoms with E-state index in [0.717, 1.165) is 5.56 Å². The first-order chi connectivity index (χ1) is 16.2. The van der Waals surface area contributed by atoms with Crippen LogP contribution in [0.5, 0.6) is 5.75 Å². The summed E-state index contributed by atoms with van der Waals surface area (Å²) >= 11 is 0. The molecule has 0 aliphatic carbocycles. The summed E-state index contributed by atoms with van der Waals surface area (Å²) in [5.74, 6) is -2.41. The summed E-state index contributed by atoms with van der Waals surface area (Å²) in [7, 11) is 0. The fourth-order valence-corrected chi connectivity index (χ4v) is 3.71. The van der Waals surface area contributed by atoms with Crippen LogP contribution in [0.25, 0.3) is 0 Å². The van der Waals surface area contributed by atoms with Gasteiger partial charge in [-0.2, -0.15) is 0 Å². The van der Waals surface area contributed by atoms with Crippen LogP contribution in [0.1, 0.15) is 64.4 Å². The first kappa shape index (κ1) is 28.1. The number of carbonyl (C=O) groups excluding carboxylic acids is 4. The lowest BCUT2D eigenvalue weighted by molar-refractivity contribution is -0.271. The zero-order valence-electron chi connectivity index (χ0n) is 21.5. The van der Waals surface area contributed by atoms with Gasteiger partial charge in [0.2, 0.25) is 6.29 Å². The Morgan fingerprint density at radius 3 is 2.11 bits per heavy atom. The minimum atomic E-state index is -1.18. The molecular formula is C25H35NO9. The third-order valence-corrected chi connectivity index (χ3v) is 5.15. The largest absolute Gasteiger partial charge is 0.463 e. The predicted octanol–water partition coefficient (Wildman–Crippen LogP) is 2.69. The van der Waals surface area contributed by atoms with Gasteiger partial charge in [-0.25, -0.2) is 0 Å². The van der Waals surface area contributed by atoms with Crippen LogP contribution in [0.4, 0.5) is 0 Å². The highest BCUT2D eigenvalue weighted by molar-refractivity contribution is 5.97. The van der Waals surface area contributed by atoms with Crippen LogP contribution in [0.3, 0.4) is 0 Å². The molecule has 1 N–H and O–H groups in total. The van der Waals surface area contributed by atoms with Gasteiger partial charge in [0.05, 0.1) is 5.56 Å². The molecule has 5 atom stereocenters. The third kappa shape index (κ3) is 8.24. The Morgan fingerprint density at radius 2 is 1.57 bits per heavy atom. The fraction of sp³-hybridized carbons (Fsp3) is 0.600. The van der Waals surface area contributed by atoms with Gasteiger partial charge in [-0.15, -0.1) is 0 Å². The molecule has 194 valence electrons. The first-order valence-electron chi connectivity index (χ1n) is 11.4. The van der Waals surface area contributed by atoms with Gasteiger partial charge in [0, 0.05) is 32.2 Å². The molecule has 2 rings (SSSR count). The highest BCUT2D eigenvalue weighted by Crippen LogP contribution is 2.34. The SMILES string of the molecule is CC(=O)OCC1OC(Oc2cc(C)ccc2C(=O)NC(C)(C)C)C(OC(C)=O)C(C)C1OC(C)=O. The average molecular weight is 494 g/mol. The summed E-state index contributed by atoms with van der Waals surface area (Å²) in [5, 5.41) is 2.89. The van der Waals surface area contributed by atoms with Gasteiger partial charge in [0.15, 0.2) is 6.10 Å². The van der Waals surface area contributed by atoms with E-state index in [1.165, 1.54) is 20.8 Å². The van der Waals surface area contributed by atoms with Crippen LogP contribution >= 0.6 is 0 Å². The van der Waals surface area contributed by atoms with Gasteiger partial charge in [-0.05, 0) is 45.4 Å². The van der Waals surface area contributed by atoms with Gasteiger partial charge in [-0.1, -0.05) is 13.0 Å². The zero-order valence-corrected chi connectivity index (χ0v) is 21.5. The molecule has 0 saturated carbocycles. The van der Waals surface area contributed by atoms with Crippen molar-refractivity contribution in [2.75, 3.05) is 6.61 Å². The topological polar surface area (TPSA) is 126 Å². The van der Waals surface area contributed by atoms with Crippen LogP contribution < -0.4 is 10.1 Å². The Labute approximate surface area is 205 Å². The molecule has 1 fully saturated rings. The van der Waals surface area contributed by atoms with Crippen molar-refractivity contribution in [3.8, 4) is 5.75 Å². The van der Waals surface area contributed by atoms with Crippen molar-refractivity contribution in [2.24, 2.45) is 5.92 Å². The number of amides is 1. The summed E-state index contributed by atoms with van der Waals surface area (Å²) < 4.78 is 28.2. The summed E-state index contributed by atoms with van der Waals surface area (Å²) in [6.07, 6.45) is -3.93. The number of hydrogen-bond donors (Lipinski definition) is 1. The maximum absolute atomic E-state index is 12.9. The molecule has 1 amide bonds. The van der Waals surface area contributed by atoms with Crippen molar-refractivity contribution in [1.29, 1.82) is 0 Å². The monoisotopic (exact) mass is 493 g/mol. The molecule has 0 radical (unpaired) electrons. The normalized spacial score (nSPS) is 24.2. The van der Waals surface area contributed by atoms with E-state index in [1.807, 2.05) is 27.7 Å². The van der Waals surface area contributed by atoms with E-state index in [9.17, 15) is 19.2 Å². The van der Waals surface area contributed by atoms with E-state index in [2.05, 4.69) is 5.32 Å². The molecule has 0 spiro atoms. The van der Waals surface area contributed by atoms with Gasteiger partial charge >= 0.3 is 17.9 Å². The van der Waals surface area contributed by atoms with Crippen molar-refractivity contribution in [1.82, 2.24) is 5.32 Å². The second-order valence-electron chi connectivity index (χ2n) is 9.67. The molecule has 0 bridgehead atoms.